The first-order valence-electron chi connectivity index (χ1n) is 33.2. The van der Waals surface area contributed by atoms with E-state index in [-0.39, 0.29) is 35.7 Å². The monoisotopic (exact) mass is 1060 g/mol. The van der Waals surface area contributed by atoms with Crippen molar-refractivity contribution in [3.63, 3.8) is 0 Å². The molecule has 0 bridgehead atoms. The molecule has 8 nitrogen and oxygen atoms in total. The summed E-state index contributed by atoms with van der Waals surface area (Å²) in [5.74, 6) is 0.120. The Morgan fingerprint density at radius 1 is 0.333 bits per heavy atom. The smallest absolute Gasteiger partial charge is 0.305 e. The van der Waals surface area contributed by atoms with Crippen molar-refractivity contribution in [2.24, 2.45) is 11.8 Å². The maximum atomic E-state index is 13.1. The normalized spacial score (nSPS) is 12.3. The van der Waals surface area contributed by atoms with Crippen LogP contribution < -0.4 is 5.32 Å². The van der Waals surface area contributed by atoms with Gasteiger partial charge >= 0.3 is 17.9 Å². The first kappa shape index (κ1) is 72.6. The van der Waals surface area contributed by atoms with Crippen molar-refractivity contribution in [3.8, 4) is 0 Å². The van der Waals surface area contributed by atoms with Crippen LogP contribution in [-0.2, 0) is 33.4 Å². The van der Waals surface area contributed by atoms with Crippen LogP contribution in [0.2, 0.25) is 0 Å². The first-order chi connectivity index (χ1) is 36.9. The van der Waals surface area contributed by atoms with Crippen LogP contribution >= 0.6 is 0 Å². The van der Waals surface area contributed by atoms with Gasteiger partial charge in [0, 0.05) is 32.2 Å². The standard InChI is InChI=1S/C67H127NO7/c1-5-9-13-17-21-25-29-30-34-38-42-46-61-75-67(72)57-53-63(52-56-66(71)74-60-45-41-37-33-28-24-20-16-12-8-4)49-47-48-62(50-54-64(69)68-58-43-39-35-31-26-22-18-14-10-6-2)51-55-65(70)73-59-44-40-36-32-27-23-19-15-11-7-3/h5,9,62-63H,6-8,10-61H2,1-4H3,(H,68,69)/b9-5+. The summed E-state index contributed by atoms with van der Waals surface area (Å²) < 4.78 is 17.1. The van der Waals surface area contributed by atoms with E-state index in [4.69, 9.17) is 14.2 Å². The number of amides is 1. The Hall–Kier alpha value is -2.38. The van der Waals surface area contributed by atoms with E-state index in [0.29, 0.717) is 64.8 Å². The van der Waals surface area contributed by atoms with Gasteiger partial charge in [-0.3, -0.25) is 19.2 Å². The molecular formula is C67H127NO7. The minimum Gasteiger partial charge on any atom is -0.466 e. The Labute approximate surface area is 466 Å². The van der Waals surface area contributed by atoms with Crippen molar-refractivity contribution in [2.75, 3.05) is 26.4 Å². The number of allylic oxidation sites excluding steroid dienone is 2. The van der Waals surface area contributed by atoms with Gasteiger partial charge in [0.25, 0.3) is 0 Å². The third-order valence-electron chi connectivity index (χ3n) is 15.7. The lowest BCUT2D eigenvalue weighted by Gasteiger charge is -2.20. The molecule has 0 aliphatic carbocycles. The van der Waals surface area contributed by atoms with Crippen LogP contribution in [0.25, 0.3) is 0 Å². The van der Waals surface area contributed by atoms with Crippen LogP contribution in [0.3, 0.4) is 0 Å². The van der Waals surface area contributed by atoms with Gasteiger partial charge in [0.2, 0.25) is 5.91 Å². The highest BCUT2D eigenvalue weighted by Gasteiger charge is 2.19. The van der Waals surface area contributed by atoms with Crippen LogP contribution in [0, 0.1) is 11.8 Å². The van der Waals surface area contributed by atoms with Crippen LogP contribution in [0.4, 0.5) is 0 Å². The predicted molar refractivity (Wildman–Crippen MR) is 320 cm³/mol. The number of unbranched alkanes of at least 4 members (excludes halogenated alkanes) is 36. The fraction of sp³-hybridized carbons (Fsp3) is 0.910. The number of rotatable bonds is 61. The molecule has 0 saturated heterocycles. The molecule has 75 heavy (non-hydrogen) atoms. The lowest BCUT2D eigenvalue weighted by Crippen LogP contribution is -2.25. The van der Waals surface area contributed by atoms with Crippen molar-refractivity contribution >= 4 is 23.8 Å². The maximum Gasteiger partial charge on any atom is 0.305 e. The lowest BCUT2D eigenvalue weighted by molar-refractivity contribution is -0.145. The summed E-state index contributed by atoms with van der Waals surface area (Å²) in [5.41, 5.74) is 0. The highest BCUT2D eigenvalue weighted by atomic mass is 16.5. The Morgan fingerprint density at radius 3 is 0.933 bits per heavy atom. The summed E-state index contributed by atoms with van der Waals surface area (Å²) in [7, 11) is 0. The number of hydrogen-bond donors (Lipinski definition) is 1. The van der Waals surface area contributed by atoms with Gasteiger partial charge in [-0.15, -0.1) is 0 Å². The van der Waals surface area contributed by atoms with Gasteiger partial charge in [0.15, 0.2) is 0 Å². The number of carbonyl (C=O) groups excluding carboxylic acids is 4. The van der Waals surface area contributed by atoms with E-state index in [1.165, 1.54) is 205 Å². The van der Waals surface area contributed by atoms with Crippen molar-refractivity contribution < 1.29 is 33.4 Å². The molecular weight excluding hydrogens is 931 g/mol. The highest BCUT2D eigenvalue weighted by Crippen LogP contribution is 2.27. The maximum absolute atomic E-state index is 13.1. The number of carbonyl (C=O) groups is 4. The zero-order chi connectivity index (χ0) is 54.6. The second kappa shape index (κ2) is 60.8. The lowest BCUT2D eigenvalue weighted by atomic mass is 9.87. The largest absolute Gasteiger partial charge is 0.466 e. The summed E-state index contributed by atoms with van der Waals surface area (Å²) in [6.45, 7) is 11.1. The summed E-state index contributed by atoms with van der Waals surface area (Å²) in [5, 5.41) is 3.18. The molecule has 8 heteroatoms. The van der Waals surface area contributed by atoms with Gasteiger partial charge in [0.05, 0.1) is 19.8 Å². The second-order valence-corrected chi connectivity index (χ2v) is 22.9. The number of ether oxygens (including phenoxy) is 3. The Bertz CT molecular complexity index is 1210. The fourth-order valence-electron chi connectivity index (χ4n) is 10.5. The third kappa shape index (κ3) is 57.6. The highest BCUT2D eigenvalue weighted by molar-refractivity contribution is 5.75. The number of hydrogen-bond acceptors (Lipinski definition) is 7. The topological polar surface area (TPSA) is 108 Å². The Balaban J connectivity index is 5.17. The molecule has 0 aromatic heterocycles. The Kier molecular flexibility index (Phi) is 58.9. The van der Waals surface area contributed by atoms with Gasteiger partial charge in [-0.25, -0.2) is 0 Å². The summed E-state index contributed by atoms with van der Waals surface area (Å²) in [6, 6.07) is 0. The van der Waals surface area contributed by atoms with Gasteiger partial charge in [-0.1, -0.05) is 270 Å². The average Bonchev–Trinajstić information content (AvgIpc) is 3.41. The zero-order valence-electron chi connectivity index (χ0n) is 50.6. The van der Waals surface area contributed by atoms with Crippen LogP contribution in [-0.4, -0.2) is 50.2 Å². The molecule has 0 fully saturated rings. The molecule has 0 aromatic rings. The van der Waals surface area contributed by atoms with E-state index >= 15 is 0 Å². The molecule has 0 radical (unpaired) electrons. The van der Waals surface area contributed by atoms with Crippen molar-refractivity contribution in [1.29, 1.82) is 0 Å². The van der Waals surface area contributed by atoms with E-state index in [2.05, 4.69) is 45.2 Å². The second-order valence-electron chi connectivity index (χ2n) is 22.9. The molecule has 0 aliphatic heterocycles. The summed E-state index contributed by atoms with van der Waals surface area (Å²) in [6.07, 6.45) is 61.4. The molecule has 442 valence electrons. The quantitative estimate of drug-likeness (QED) is 0.0280. The van der Waals surface area contributed by atoms with Gasteiger partial charge in [-0.2, -0.15) is 0 Å². The number of nitrogens with one attached hydrogen (secondary N) is 1. The molecule has 2 atom stereocenters. The fourth-order valence-corrected chi connectivity index (χ4v) is 10.5. The first-order valence-corrected chi connectivity index (χ1v) is 33.2. The SMILES string of the molecule is C/C=C/CCCCCCCCCCCOC(=O)CCC(CCCC(CCC(=O)NCCCCCCCCCCCC)CCC(=O)OCCCCCCCCCCCC)CCC(=O)OCCCCCCCCCCCC. The molecule has 0 spiro atoms. The summed E-state index contributed by atoms with van der Waals surface area (Å²) in [4.78, 5) is 52.0. The summed E-state index contributed by atoms with van der Waals surface area (Å²) >= 11 is 0. The molecule has 0 aromatic carbocycles. The molecule has 0 rings (SSSR count). The molecule has 1 N–H and O–H groups in total. The minimum absolute atomic E-state index is 0.105. The molecule has 0 aliphatic rings. The van der Waals surface area contributed by atoms with Crippen LogP contribution in [0.15, 0.2) is 12.2 Å². The van der Waals surface area contributed by atoms with Crippen molar-refractivity contribution in [2.45, 2.75) is 355 Å². The third-order valence-corrected chi connectivity index (χ3v) is 15.7. The predicted octanol–water partition coefficient (Wildman–Crippen LogP) is 20.5. The van der Waals surface area contributed by atoms with Gasteiger partial charge < -0.3 is 19.5 Å². The van der Waals surface area contributed by atoms with Gasteiger partial charge in [0.1, 0.15) is 0 Å². The Morgan fingerprint density at radius 2 is 0.613 bits per heavy atom. The van der Waals surface area contributed by atoms with Crippen LogP contribution in [0.1, 0.15) is 355 Å². The van der Waals surface area contributed by atoms with Gasteiger partial charge in [-0.05, 0) is 83.0 Å². The van der Waals surface area contributed by atoms with E-state index in [0.717, 1.165) is 83.6 Å². The molecule has 1 amide bonds. The molecule has 0 saturated carbocycles. The van der Waals surface area contributed by atoms with Crippen molar-refractivity contribution in [1.82, 2.24) is 5.32 Å². The van der Waals surface area contributed by atoms with Crippen LogP contribution in [0.5, 0.6) is 0 Å². The number of esters is 3. The average molecular weight is 1060 g/mol. The molecule has 0 heterocycles. The van der Waals surface area contributed by atoms with Crippen molar-refractivity contribution in [3.05, 3.63) is 12.2 Å². The van der Waals surface area contributed by atoms with E-state index in [1.54, 1.807) is 0 Å². The molecule has 2 unspecified atom stereocenters. The van der Waals surface area contributed by atoms with E-state index in [1.807, 2.05) is 0 Å². The minimum atomic E-state index is -0.139. The zero-order valence-corrected chi connectivity index (χ0v) is 50.6. The van der Waals surface area contributed by atoms with E-state index in [9.17, 15) is 19.2 Å². The van der Waals surface area contributed by atoms with E-state index < -0.39 is 0 Å².